The minimum atomic E-state index is 0.122. The second-order valence-corrected chi connectivity index (χ2v) is 6.42. The molecule has 0 unspecified atom stereocenters. The van der Waals surface area contributed by atoms with Crippen molar-refractivity contribution in [2.75, 3.05) is 25.0 Å². The van der Waals surface area contributed by atoms with Gasteiger partial charge < -0.3 is 10.2 Å². The number of halogens is 2. The maximum absolute atomic E-state index is 12.0. The number of hydrogen-bond acceptors (Lipinski definition) is 3. The zero-order valence-corrected chi connectivity index (χ0v) is 13.7. The van der Waals surface area contributed by atoms with Gasteiger partial charge in [-0.3, -0.25) is 4.79 Å². The van der Waals surface area contributed by atoms with Crippen molar-refractivity contribution in [1.29, 1.82) is 0 Å². The Balaban J connectivity index is 1.74. The summed E-state index contributed by atoms with van der Waals surface area (Å²) in [5, 5.41) is 4.64. The first kappa shape index (κ1) is 14.6. The molecule has 1 amide bonds. The lowest BCUT2D eigenvalue weighted by atomic mass is 10.2. The van der Waals surface area contributed by atoms with Crippen LogP contribution in [-0.2, 0) is 4.79 Å². The van der Waals surface area contributed by atoms with Crippen molar-refractivity contribution < 1.29 is 4.79 Å². The van der Waals surface area contributed by atoms with Crippen LogP contribution in [0.4, 0.5) is 5.82 Å². The predicted molar refractivity (Wildman–Crippen MR) is 88.8 cm³/mol. The molecule has 1 aromatic heterocycles. The summed E-state index contributed by atoms with van der Waals surface area (Å²) in [5.74, 6) is 0.788. The largest absolute Gasteiger partial charge is 0.361 e. The van der Waals surface area contributed by atoms with Crippen LogP contribution in [0.25, 0.3) is 10.9 Å². The van der Waals surface area contributed by atoms with Gasteiger partial charge in [-0.15, -0.1) is 0 Å². The van der Waals surface area contributed by atoms with Crippen molar-refractivity contribution in [3.63, 3.8) is 0 Å². The average molecular weight is 369 g/mol. The Morgan fingerprint density at radius 1 is 1.33 bits per heavy atom. The Morgan fingerprint density at radius 3 is 2.86 bits per heavy atom. The predicted octanol–water partition coefficient (Wildman–Crippen LogP) is 3.69. The molecule has 2 heterocycles. The summed E-state index contributed by atoms with van der Waals surface area (Å²) in [6, 6.07) is 7.59. The van der Waals surface area contributed by atoms with Gasteiger partial charge in [-0.25, -0.2) is 4.98 Å². The van der Waals surface area contributed by atoms with E-state index in [9.17, 15) is 4.79 Å². The molecule has 0 spiro atoms. The highest BCUT2D eigenvalue weighted by Gasteiger charge is 2.17. The van der Waals surface area contributed by atoms with Gasteiger partial charge in [0.25, 0.3) is 0 Å². The number of aromatic nitrogens is 1. The van der Waals surface area contributed by atoms with Crippen molar-refractivity contribution in [3.05, 3.63) is 33.8 Å². The molecule has 6 heteroatoms. The van der Waals surface area contributed by atoms with Crippen molar-refractivity contribution in [3.8, 4) is 0 Å². The number of nitrogens with zero attached hydrogens (tertiary/aromatic N) is 2. The van der Waals surface area contributed by atoms with E-state index in [1.807, 2.05) is 29.2 Å². The second kappa shape index (κ2) is 6.20. The van der Waals surface area contributed by atoms with E-state index >= 15 is 0 Å². The Kier molecular flexibility index (Phi) is 4.31. The minimum absolute atomic E-state index is 0.122. The molecule has 4 nitrogen and oxygen atoms in total. The molecule has 0 atom stereocenters. The van der Waals surface area contributed by atoms with Gasteiger partial charge in [0, 0.05) is 22.9 Å². The van der Waals surface area contributed by atoms with E-state index in [0.29, 0.717) is 10.8 Å². The third kappa shape index (κ3) is 3.30. The van der Waals surface area contributed by atoms with E-state index < -0.39 is 0 Å². The monoisotopic (exact) mass is 367 g/mol. The molecule has 1 aliphatic rings. The topological polar surface area (TPSA) is 45.2 Å². The lowest BCUT2D eigenvalue weighted by molar-refractivity contribution is -0.128. The molecule has 0 radical (unpaired) electrons. The number of fused-ring (bicyclic) bond motifs is 1. The Labute approximate surface area is 136 Å². The number of amides is 1. The van der Waals surface area contributed by atoms with Gasteiger partial charge in [-0.2, -0.15) is 0 Å². The van der Waals surface area contributed by atoms with Crippen LogP contribution in [0.2, 0.25) is 5.02 Å². The zero-order chi connectivity index (χ0) is 14.8. The van der Waals surface area contributed by atoms with Gasteiger partial charge in [-0.05, 0) is 37.1 Å². The van der Waals surface area contributed by atoms with Crippen molar-refractivity contribution in [2.24, 2.45) is 0 Å². The van der Waals surface area contributed by atoms with Crippen LogP contribution in [0.3, 0.4) is 0 Å². The highest BCUT2D eigenvalue weighted by atomic mass is 79.9. The number of pyridine rings is 1. The molecule has 0 aliphatic carbocycles. The standard InChI is InChI=1S/C15H15BrClN3O/c16-11-7-10-3-4-13(19-15(10)12(17)8-11)18-9-14(21)20-5-1-2-6-20/h3-4,7-8H,1-2,5-6,9H2,(H,18,19). The molecule has 0 bridgehead atoms. The van der Waals surface area contributed by atoms with Crippen LogP contribution < -0.4 is 5.32 Å². The fourth-order valence-corrected chi connectivity index (χ4v) is 3.38. The molecule has 3 rings (SSSR count). The van der Waals surface area contributed by atoms with Crippen molar-refractivity contribution in [2.45, 2.75) is 12.8 Å². The zero-order valence-electron chi connectivity index (χ0n) is 11.4. The summed E-state index contributed by atoms with van der Waals surface area (Å²) in [5.41, 5.74) is 0.735. The summed E-state index contributed by atoms with van der Waals surface area (Å²) >= 11 is 9.62. The first-order valence-corrected chi connectivity index (χ1v) is 8.08. The maximum atomic E-state index is 12.0. The summed E-state index contributed by atoms with van der Waals surface area (Å²) < 4.78 is 0.923. The molecule has 1 aromatic carbocycles. The molecule has 110 valence electrons. The second-order valence-electron chi connectivity index (χ2n) is 5.10. The van der Waals surface area contributed by atoms with Crippen LogP contribution in [0.1, 0.15) is 12.8 Å². The fourth-order valence-electron chi connectivity index (χ4n) is 2.50. The number of rotatable bonds is 3. The van der Waals surface area contributed by atoms with Crippen LogP contribution in [0, 0.1) is 0 Å². The average Bonchev–Trinajstić information content (AvgIpc) is 2.99. The van der Waals surface area contributed by atoms with Gasteiger partial charge in [0.1, 0.15) is 5.82 Å². The van der Waals surface area contributed by atoms with E-state index in [0.717, 1.165) is 41.3 Å². The lowest BCUT2D eigenvalue weighted by Gasteiger charge is -2.15. The normalized spacial score (nSPS) is 14.7. The maximum Gasteiger partial charge on any atom is 0.241 e. The SMILES string of the molecule is O=C(CNc1ccc2cc(Br)cc(Cl)c2n1)N1CCCC1. The lowest BCUT2D eigenvalue weighted by Crippen LogP contribution is -2.33. The molecular weight excluding hydrogens is 354 g/mol. The highest BCUT2D eigenvalue weighted by molar-refractivity contribution is 9.10. The van der Waals surface area contributed by atoms with E-state index in [1.165, 1.54) is 0 Å². The van der Waals surface area contributed by atoms with Crippen LogP contribution in [0.5, 0.6) is 0 Å². The van der Waals surface area contributed by atoms with Crippen molar-refractivity contribution in [1.82, 2.24) is 9.88 Å². The van der Waals surface area contributed by atoms with Crippen LogP contribution >= 0.6 is 27.5 Å². The van der Waals surface area contributed by atoms with Crippen LogP contribution in [0.15, 0.2) is 28.7 Å². The summed E-state index contributed by atoms with van der Waals surface area (Å²) in [6.07, 6.45) is 2.20. The first-order valence-electron chi connectivity index (χ1n) is 6.91. The van der Waals surface area contributed by atoms with Gasteiger partial charge in [-0.1, -0.05) is 27.5 Å². The molecule has 1 fully saturated rings. The van der Waals surface area contributed by atoms with E-state index in [4.69, 9.17) is 11.6 Å². The summed E-state index contributed by atoms with van der Waals surface area (Å²) in [4.78, 5) is 18.4. The summed E-state index contributed by atoms with van der Waals surface area (Å²) in [7, 11) is 0. The van der Waals surface area contributed by atoms with Crippen LogP contribution in [-0.4, -0.2) is 35.4 Å². The van der Waals surface area contributed by atoms with E-state index in [2.05, 4.69) is 26.2 Å². The minimum Gasteiger partial charge on any atom is -0.361 e. The van der Waals surface area contributed by atoms with E-state index in [-0.39, 0.29) is 12.5 Å². The third-order valence-electron chi connectivity index (χ3n) is 3.59. The number of carbonyl (C=O) groups excluding carboxylic acids is 1. The number of anilines is 1. The number of nitrogens with one attached hydrogen (secondary N) is 1. The van der Waals surface area contributed by atoms with Gasteiger partial charge in [0.2, 0.25) is 5.91 Å². The van der Waals surface area contributed by atoms with E-state index in [1.54, 1.807) is 0 Å². The third-order valence-corrected chi connectivity index (χ3v) is 4.34. The summed E-state index contributed by atoms with van der Waals surface area (Å²) in [6.45, 7) is 2.00. The Morgan fingerprint density at radius 2 is 2.10 bits per heavy atom. The van der Waals surface area contributed by atoms with Gasteiger partial charge >= 0.3 is 0 Å². The Hall–Kier alpha value is -1.33. The quantitative estimate of drug-likeness (QED) is 0.899. The molecule has 0 saturated carbocycles. The number of carbonyl (C=O) groups is 1. The number of hydrogen-bond donors (Lipinski definition) is 1. The Bertz CT molecular complexity index is 686. The molecule has 1 N–H and O–H groups in total. The molecule has 21 heavy (non-hydrogen) atoms. The molecule has 2 aromatic rings. The molecule has 1 aliphatic heterocycles. The van der Waals surface area contributed by atoms with Gasteiger partial charge in [0.15, 0.2) is 0 Å². The number of benzene rings is 1. The first-order chi connectivity index (χ1) is 10.1. The number of likely N-dealkylation sites (tertiary alicyclic amines) is 1. The van der Waals surface area contributed by atoms with Crippen molar-refractivity contribution >= 4 is 50.2 Å². The fraction of sp³-hybridized carbons (Fsp3) is 0.333. The smallest absolute Gasteiger partial charge is 0.241 e. The molecule has 1 saturated heterocycles. The highest BCUT2D eigenvalue weighted by Crippen LogP contribution is 2.27. The van der Waals surface area contributed by atoms with Gasteiger partial charge in [0.05, 0.1) is 17.1 Å². The molecular formula is C15H15BrClN3O.